The van der Waals surface area contributed by atoms with Crippen LogP contribution in [-0.4, -0.2) is 34.4 Å². The Hall–Kier alpha value is -1.89. The summed E-state index contributed by atoms with van der Waals surface area (Å²) in [7, 11) is 0. The van der Waals surface area contributed by atoms with E-state index in [0.717, 1.165) is 11.0 Å². The van der Waals surface area contributed by atoms with Gasteiger partial charge in [-0.25, -0.2) is 4.79 Å². The Morgan fingerprint density at radius 3 is 2.61 bits per heavy atom. The van der Waals surface area contributed by atoms with Crippen molar-refractivity contribution in [1.82, 2.24) is 4.90 Å². The smallest absolute Gasteiger partial charge is 0.417 e. The van der Waals surface area contributed by atoms with E-state index < -0.39 is 17.8 Å². The molecule has 0 radical (unpaired) electrons. The van der Waals surface area contributed by atoms with Crippen molar-refractivity contribution in [3.8, 4) is 0 Å². The van der Waals surface area contributed by atoms with Gasteiger partial charge in [-0.2, -0.15) is 18.2 Å². The van der Waals surface area contributed by atoms with Crippen LogP contribution in [0.1, 0.15) is 17.5 Å². The molecule has 0 fully saturated rings. The van der Waals surface area contributed by atoms with E-state index in [2.05, 4.69) is 17.2 Å². The first-order chi connectivity index (χ1) is 10.7. The van der Waals surface area contributed by atoms with E-state index in [9.17, 15) is 18.0 Å². The Balaban J connectivity index is 2.54. The number of carboxylic acid groups (broad SMARTS) is 1. The van der Waals surface area contributed by atoms with Crippen molar-refractivity contribution >= 4 is 46.3 Å². The van der Waals surface area contributed by atoms with Crippen LogP contribution in [0.4, 0.5) is 23.7 Å². The van der Waals surface area contributed by atoms with Gasteiger partial charge in [0.1, 0.15) is 0 Å². The van der Waals surface area contributed by atoms with Crippen LogP contribution in [-0.2, 0) is 6.18 Å². The summed E-state index contributed by atoms with van der Waals surface area (Å²) in [6.07, 6.45) is -4.16. The number of halogens is 4. The number of hydrogen-bond acceptors (Lipinski definition) is 3. The first-order valence-corrected chi connectivity index (χ1v) is 7.18. The molecule has 0 aromatic heterocycles. The molecule has 23 heavy (non-hydrogen) atoms. The molecule has 1 amide bonds. The Kier molecular flexibility index (Phi) is 5.09. The molecule has 0 saturated carbocycles. The fourth-order valence-corrected chi connectivity index (χ4v) is 2.77. The predicted octanol–water partition coefficient (Wildman–Crippen LogP) is 4.86. The van der Waals surface area contributed by atoms with Gasteiger partial charge >= 0.3 is 12.3 Å². The molecule has 1 aliphatic heterocycles. The van der Waals surface area contributed by atoms with Gasteiger partial charge in [-0.05, 0) is 36.3 Å². The first kappa shape index (κ1) is 17.5. The second kappa shape index (κ2) is 6.70. The molecule has 4 nitrogen and oxygen atoms in total. The molecule has 0 bridgehead atoms. The number of amides is 1. The highest BCUT2D eigenvalue weighted by Crippen LogP contribution is 2.42. The zero-order chi connectivity index (χ0) is 17.2. The van der Waals surface area contributed by atoms with E-state index in [0.29, 0.717) is 5.57 Å². The summed E-state index contributed by atoms with van der Waals surface area (Å²) < 4.78 is 40.0. The lowest BCUT2D eigenvalue weighted by molar-refractivity contribution is -0.137. The van der Waals surface area contributed by atoms with E-state index in [4.69, 9.17) is 16.7 Å². The number of aliphatic imine (C=N–C) groups is 1. The molecule has 1 aromatic carbocycles. The van der Waals surface area contributed by atoms with Gasteiger partial charge in [0, 0.05) is 18.7 Å². The Labute approximate surface area is 139 Å². The van der Waals surface area contributed by atoms with Gasteiger partial charge in [-0.15, -0.1) is 0 Å². The SMILES string of the molecule is O=C(O)N1CC=C(c2c(Cl)cc(N=C=S)cc2C(F)(F)F)CC1. The second-order valence-electron chi connectivity index (χ2n) is 4.76. The minimum absolute atomic E-state index is 0.0120. The van der Waals surface area contributed by atoms with E-state index in [1.807, 2.05) is 5.16 Å². The van der Waals surface area contributed by atoms with Crippen LogP contribution in [0.5, 0.6) is 0 Å². The van der Waals surface area contributed by atoms with Crippen molar-refractivity contribution < 1.29 is 23.1 Å². The molecule has 0 unspecified atom stereocenters. The van der Waals surface area contributed by atoms with E-state index in [1.54, 1.807) is 0 Å². The molecular weight excluding hydrogens is 353 g/mol. The topological polar surface area (TPSA) is 52.9 Å². The summed E-state index contributed by atoms with van der Waals surface area (Å²) in [6.45, 7) is 0.118. The van der Waals surface area contributed by atoms with Gasteiger partial charge in [-0.3, -0.25) is 0 Å². The molecule has 9 heteroatoms. The Bertz CT molecular complexity index is 727. The van der Waals surface area contributed by atoms with Crippen LogP contribution in [0.15, 0.2) is 23.2 Å². The predicted molar refractivity (Wildman–Crippen MR) is 83.3 cm³/mol. The van der Waals surface area contributed by atoms with Crippen molar-refractivity contribution in [3.63, 3.8) is 0 Å². The van der Waals surface area contributed by atoms with Gasteiger partial charge in [-0.1, -0.05) is 17.7 Å². The highest BCUT2D eigenvalue weighted by Gasteiger charge is 2.36. The molecule has 1 heterocycles. The zero-order valence-electron chi connectivity index (χ0n) is 11.5. The Morgan fingerprint density at radius 2 is 2.13 bits per heavy atom. The lowest BCUT2D eigenvalue weighted by Gasteiger charge is -2.26. The van der Waals surface area contributed by atoms with Crippen molar-refractivity contribution in [3.05, 3.63) is 34.4 Å². The minimum atomic E-state index is -4.63. The van der Waals surface area contributed by atoms with Gasteiger partial charge in [0.25, 0.3) is 0 Å². The molecule has 0 spiro atoms. The zero-order valence-corrected chi connectivity index (χ0v) is 13.1. The number of hydrogen-bond donors (Lipinski definition) is 1. The van der Waals surface area contributed by atoms with Gasteiger partial charge in [0.15, 0.2) is 0 Å². The highest BCUT2D eigenvalue weighted by molar-refractivity contribution is 7.78. The first-order valence-electron chi connectivity index (χ1n) is 6.40. The molecule has 2 rings (SSSR count). The maximum atomic E-state index is 13.3. The summed E-state index contributed by atoms with van der Waals surface area (Å²) in [6, 6.07) is 2.13. The fourth-order valence-electron chi connectivity index (χ4n) is 2.33. The number of nitrogens with zero attached hydrogens (tertiary/aromatic N) is 2. The van der Waals surface area contributed by atoms with Crippen molar-refractivity contribution in [2.75, 3.05) is 13.1 Å². The van der Waals surface area contributed by atoms with Crippen LogP contribution in [0.2, 0.25) is 5.02 Å². The van der Waals surface area contributed by atoms with Gasteiger partial charge in [0.05, 0.1) is 21.4 Å². The van der Waals surface area contributed by atoms with Gasteiger partial charge < -0.3 is 10.0 Å². The maximum Gasteiger partial charge on any atom is 0.417 e. The van der Waals surface area contributed by atoms with Crippen molar-refractivity contribution in [1.29, 1.82) is 0 Å². The molecule has 122 valence electrons. The van der Waals surface area contributed by atoms with E-state index >= 15 is 0 Å². The summed E-state index contributed by atoms with van der Waals surface area (Å²) in [5, 5.41) is 10.8. The number of carbonyl (C=O) groups is 1. The fraction of sp³-hybridized carbons (Fsp3) is 0.286. The minimum Gasteiger partial charge on any atom is -0.465 e. The van der Waals surface area contributed by atoms with Crippen LogP contribution in [0.25, 0.3) is 5.57 Å². The maximum absolute atomic E-state index is 13.3. The standard InChI is InChI=1S/C14H10ClF3N2O2S/c15-11-6-9(19-7-23)5-10(14(16,17)18)12(11)8-1-3-20(4-2-8)13(21)22/h1,5-6H,2-4H2,(H,21,22). The normalized spacial score (nSPS) is 15.0. The monoisotopic (exact) mass is 362 g/mol. The molecule has 0 aliphatic carbocycles. The average Bonchev–Trinajstić information content (AvgIpc) is 2.46. The summed E-state index contributed by atoms with van der Waals surface area (Å²) >= 11 is 10.4. The molecule has 1 aromatic rings. The van der Waals surface area contributed by atoms with Crippen LogP contribution >= 0.6 is 23.8 Å². The number of isothiocyanates is 1. The lowest BCUT2D eigenvalue weighted by atomic mass is 9.94. The number of rotatable bonds is 2. The summed E-state index contributed by atoms with van der Waals surface area (Å²) in [5.74, 6) is 0. The molecule has 0 atom stereocenters. The van der Waals surface area contributed by atoms with Crippen molar-refractivity contribution in [2.24, 2.45) is 4.99 Å². The summed E-state index contributed by atoms with van der Waals surface area (Å²) in [5.41, 5.74) is -0.751. The highest BCUT2D eigenvalue weighted by atomic mass is 35.5. The number of alkyl halides is 3. The number of thiocarbonyl (C=S) groups is 1. The Morgan fingerprint density at radius 1 is 1.43 bits per heavy atom. The van der Waals surface area contributed by atoms with Crippen molar-refractivity contribution in [2.45, 2.75) is 12.6 Å². The quantitative estimate of drug-likeness (QED) is 0.603. The van der Waals surface area contributed by atoms with E-state index in [1.165, 1.54) is 12.1 Å². The third-order valence-electron chi connectivity index (χ3n) is 3.36. The van der Waals surface area contributed by atoms with Gasteiger partial charge in [0.2, 0.25) is 0 Å². The molecule has 1 N–H and O–H groups in total. The van der Waals surface area contributed by atoms with Crippen LogP contribution in [0.3, 0.4) is 0 Å². The third-order valence-corrected chi connectivity index (χ3v) is 3.75. The summed E-state index contributed by atoms with van der Waals surface area (Å²) in [4.78, 5) is 15.5. The molecule has 0 saturated heterocycles. The third kappa shape index (κ3) is 3.90. The lowest BCUT2D eigenvalue weighted by Crippen LogP contribution is -2.33. The van der Waals surface area contributed by atoms with E-state index in [-0.39, 0.29) is 35.8 Å². The molecule has 1 aliphatic rings. The average molecular weight is 363 g/mol. The van der Waals surface area contributed by atoms with Crippen LogP contribution < -0.4 is 0 Å². The van der Waals surface area contributed by atoms with Crippen LogP contribution in [0, 0.1) is 0 Å². The second-order valence-corrected chi connectivity index (χ2v) is 5.35. The number of benzene rings is 1. The molecular formula is C14H10ClF3N2O2S. The largest absolute Gasteiger partial charge is 0.465 e.